The molecule has 0 bridgehead atoms. The van der Waals surface area contributed by atoms with Crippen molar-refractivity contribution in [1.29, 1.82) is 0 Å². The van der Waals surface area contributed by atoms with Crippen LogP contribution in [-0.4, -0.2) is 32.2 Å². The van der Waals surface area contributed by atoms with Crippen molar-refractivity contribution in [1.82, 2.24) is 5.32 Å². The Hall–Kier alpha value is 0.0700. The molecular weight excluding hydrogens is 188 g/mol. The third-order valence-electron chi connectivity index (χ3n) is 2.48. The molecule has 0 radical (unpaired) electrons. The lowest BCUT2D eigenvalue weighted by molar-refractivity contribution is 0.0231. The minimum atomic E-state index is -2.48. The predicted octanol–water partition coefficient (Wildman–Crippen LogP) is 1.05. The summed E-state index contributed by atoms with van der Waals surface area (Å²) in [5.41, 5.74) is -0.858. The number of rotatable bonds is 0. The Morgan fingerprint density at radius 3 is 2.58 bits per heavy atom. The number of ether oxygens (including phenoxy) is 1. The zero-order valence-electron chi connectivity index (χ0n) is 6.61. The summed E-state index contributed by atoms with van der Waals surface area (Å²) in [4.78, 5) is 0. The largest absolute Gasteiger partial charge is 0.379 e. The fourth-order valence-electron chi connectivity index (χ4n) is 1.52. The minimum absolute atomic E-state index is 0. The number of hydrogen-bond acceptors (Lipinski definition) is 2. The molecule has 1 saturated heterocycles. The molecule has 1 aliphatic heterocycles. The van der Waals surface area contributed by atoms with Crippen LogP contribution in [0.4, 0.5) is 8.78 Å². The van der Waals surface area contributed by atoms with E-state index in [9.17, 15) is 8.78 Å². The van der Waals surface area contributed by atoms with Gasteiger partial charge in [-0.2, -0.15) is 0 Å². The Morgan fingerprint density at radius 2 is 2.00 bits per heavy atom. The van der Waals surface area contributed by atoms with Crippen LogP contribution in [0.5, 0.6) is 0 Å². The average Bonchev–Trinajstić information content (AvgIpc) is 2.54. The van der Waals surface area contributed by atoms with Gasteiger partial charge in [0.1, 0.15) is 0 Å². The van der Waals surface area contributed by atoms with Crippen LogP contribution in [0.25, 0.3) is 0 Å². The van der Waals surface area contributed by atoms with E-state index in [1.54, 1.807) is 0 Å². The molecule has 1 aliphatic carbocycles. The van der Waals surface area contributed by atoms with Gasteiger partial charge in [0.05, 0.1) is 18.6 Å². The maximum absolute atomic E-state index is 12.7. The highest BCUT2D eigenvalue weighted by molar-refractivity contribution is 5.85. The van der Waals surface area contributed by atoms with Crippen LogP contribution in [0.3, 0.4) is 0 Å². The van der Waals surface area contributed by atoms with E-state index in [-0.39, 0.29) is 25.4 Å². The van der Waals surface area contributed by atoms with E-state index in [4.69, 9.17) is 4.74 Å². The summed E-state index contributed by atoms with van der Waals surface area (Å²) in [6.07, 6.45) is -0.00694. The molecule has 0 aromatic rings. The molecule has 2 fully saturated rings. The van der Waals surface area contributed by atoms with Gasteiger partial charge < -0.3 is 10.1 Å². The number of halogens is 3. The van der Waals surface area contributed by atoms with Gasteiger partial charge in [0.2, 0.25) is 0 Å². The third kappa shape index (κ3) is 1.43. The molecule has 1 N–H and O–H groups in total. The van der Waals surface area contributed by atoms with Gasteiger partial charge >= 0.3 is 0 Å². The summed E-state index contributed by atoms with van der Waals surface area (Å²) in [7, 11) is 0. The molecule has 1 atom stereocenters. The van der Waals surface area contributed by atoms with Crippen LogP contribution < -0.4 is 5.32 Å². The first-order chi connectivity index (χ1) is 5.16. The number of hydrogen-bond donors (Lipinski definition) is 1. The van der Waals surface area contributed by atoms with Crippen molar-refractivity contribution in [2.45, 2.75) is 12.3 Å². The summed E-state index contributed by atoms with van der Waals surface area (Å²) >= 11 is 0. The standard InChI is InChI=1S/C7H11F2NO.ClH/c8-7(9)3-6(7)4-10-1-2-11-5-6;/h10H,1-5H2;1H. The van der Waals surface area contributed by atoms with Crippen molar-refractivity contribution in [3.63, 3.8) is 0 Å². The molecule has 1 unspecified atom stereocenters. The lowest BCUT2D eigenvalue weighted by atomic mass is 10.1. The first kappa shape index (κ1) is 10.2. The Kier molecular flexibility index (Phi) is 2.61. The molecule has 0 amide bonds. The lowest BCUT2D eigenvalue weighted by Crippen LogP contribution is -2.28. The Labute approximate surface area is 76.1 Å². The van der Waals surface area contributed by atoms with Crippen molar-refractivity contribution in [3.05, 3.63) is 0 Å². The molecule has 5 heteroatoms. The second kappa shape index (κ2) is 3.09. The second-order valence-electron chi connectivity index (χ2n) is 3.39. The zero-order valence-corrected chi connectivity index (χ0v) is 7.42. The predicted molar refractivity (Wildman–Crippen MR) is 42.9 cm³/mol. The highest BCUT2D eigenvalue weighted by Gasteiger charge is 2.70. The number of alkyl halides is 2. The second-order valence-corrected chi connectivity index (χ2v) is 3.39. The van der Waals surface area contributed by atoms with Gasteiger partial charge in [0.25, 0.3) is 5.92 Å². The summed E-state index contributed by atoms with van der Waals surface area (Å²) in [5.74, 6) is -2.48. The Balaban J connectivity index is 0.000000720. The van der Waals surface area contributed by atoms with Gasteiger partial charge in [-0.25, -0.2) is 8.78 Å². The van der Waals surface area contributed by atoms with Gasteiger partial charge in [-0.05, 0) is 0 Å². The molecule has 1 heterocycles. The molecule has 0 aromatic heterocycles. The van der Waals surface area contributed by atoms with Gasteiger partial charge in [-0.3, -0.25) is 0 Å². The summed E-state index contributed by atoms with van der Waals surface area (Å²) in [6.45, 7) is 1.86. The molecule has 1 saturated carbocycles. The first-order valence-corrected chi connectivity index (χ1v) is 3.83. The van der Waals surface area contributed by atoms with Gasteiger partial charge in [-0.1, -0.05) is 0 Å². The maximum atomic E-state index is 12.7. The van der Waals surface area contributed by atoms with E-state index < -0.39 is 11.3 Å². The highest BCUT2D eigenvalue weighted by Crippen LogP contribution is 2.60. The monoisotopic (exact) mass is 199 g/mol. The van der Waals surface area contributed by atoms with Crippen LogP contribution >= 0.6 is 12.4 Å². The van der Waals surface area contributed by atoms with Crippen molar-refractivity contribution >= 4 is 12.4 Å². The Morgan fingerprint density at radius 1 is 1.33 bits per heavy atom. The smallest absolute Gasteiger partial charge is 0.258 e. The van der Waals surface area contributed by atoms with E-state index in [0.717, 1.165) is 0 Å². The molecule has 2 aliphatic rings. The van der Waals surface area contributed by atoms with Crippen LogP contribution in [0.2, 0.25) is 0 Å². The normalized spacial score (nSPS) is 38.5. The number of nitrogens with one attached hydrogen (secondary N) is 1. The van der Waals surface area contributed by atoms with Crippen molar-refractivity contribution in [2.24, 2.45) is 5.41 Å². The van der Waals surface area contributed by atoms with Crippen LogP contribution in [0, 0.1) is 5.41 Å². The van der Waals surface area contributed by atoms with E-state index >= 15 is 0 Å². The molecule has 12 heavy (non-hydrogen) atoms. The third-order valence-corrected chi connectivity index (χ3v) is 2.48. The zero-order chi connectivity index (χ0) is 7.95. The van der Waals surface area contributed by atoms with Crippen LogP contribution in [0.15, 0.2) is 0 Å². The van der Waals surface area contributed by atoms with E-state index in [1.165, 1.54) is 0 Å². The summed E-state index contributed by atoms with van der Waals surface area (Å²) in [5, 5.41) is 2.95. The van der Waals surface area contributed by atoms with E-state index in [0.29, 0.717) is 19.7 Å². The average molecular weight is 200 g/mol. The van der Waals surface area contributed by atoms with E-state index in [1.807, 2.05) is 0 Å². The van der Waals surface area contributed by atoms with Gasteiger partial charge in [0.15, 0.2) is 0 Å². The molecule has 1 spiro atoms. The molecule has 2 rings (SSSR count). The lowest BCUT2D eigenvalue weighted by Gasteiger charge is -2.11. The van der Waals surface area contributed by atoms with Gasteiger partial charge in [-0.15, -0.1) is 12.4 Å². The van der Waals surface area contributed by atoms with Gasteiger partial charge in [0, 0.05) is 19.5 Å². The van der Waals surface area contributed by atoms with E-state index in [2.05, 4.69) is 5.32 Å². The molecular formula is C7H12ClF2NO. The van der Waals surface area contributed by atoms with Crippen LogP contribution in [-0.2, 0) is 4.74 Å². The van der Waals surface area contributed by atoms with Crippen LogP contribution in [0.1, 0.15) is 6.42 Å². The Bertz CT molecular complexity index is 169. The molecule has 72 valence electrons. The van der Waals surface area contributed by atoms with Crippen molar-refractivity contribution in [2.75, 3.05) is 26.3 Å². The first-order valence-electron chi connectivity index (χ1n) is 3.83. The maximum Gasteiger partial charge on any atom is 0.258 e. The fraction of sp³-hybridized carbons (Fsp3) is 1.00. The van der Waals surface area contributed by atoms with Crippen molar-refractivity contribution < 1.29 is 13.5 Å². The minimum Gasteiger partial charge on any atom is -0.379 e. The summed E-state index contributed by atoms with van der Waals surface area (Å²) in [6, 6.07) is 0. The molecule has 2 nitrogen and oxygen atoms in total. The van der Waals surface area contributed by atoms with Crippen molar-refractivity contribution in [3.8, 4) is 0 Å². The SMILES string of the molecule is Cl.FC1(F)CC12CNCCOC2. The topological polar surface area (TPSA) is 21.3 Å². The summed E-state index contributed by atoms with van der Waals surface area (Å²) < 4.78 is 30.5. The quantitative estimate of drug-likeness (QED) is 0.630. The molecule has 0 aromatic carbocycles. The fourth-order valence-corrected chi connectivity index (χ4v) is 1.52. The highest BCUT2D eigenvalue weighted by atomic mass is 35.5.